The van der Waals surface area contributed by atoms with Crippen LogP contribution >= 0.6 is 0 Å². The predicted octanol–water partition coefficient (Wildman–Crippen LogP) is 1.93. The van der Waals surface area contributed by atoms with Gasteiger partial charge in [0.15, 0.2) is 15.1 Å². The largest absolute Gasteiger partial charge is 0.465 e. The highest BCUT2D eigenvalue weighted by Crippen LogP contribution is 2.26. The summed E-state index contributed by atoms with van der Waals surface area (Å²) in [5, 5.41) is 0.749. The summed E-state index contributed by atoms with van der Waals surface area (Å²) in [7, 11) is -3.65. The third-order valence-electron chi connectivity index (χ3n) is 3.31. The van der Waals surface area contributed by atoms with Crippen LogP contribution < -0.4 is 0 Å². The average Bonchev–Trinajstić information content (AvgIpc) is 2.85. The van der Waals surface area contributed by atoms with E-state index in [2.05, 4.69) is 0 Å². The fourth-order valence-corrected chi connectivity index (χ4v) is 3.87. The molecule has 0 unspecified atom stereocenters. The second-order valence-electron chi connectivity index (χ2n) is 4.50. The van der Waals surface area contributed by atoms with Gasteiger partial charge in [0.1, 0.15) is 0 Å². The van der Waals surface area contributed by atoms with Gasteiger partial charge in [0.25, 0.3) is 0 Å². The fraction of sp³-hybridized carbons (Fsp3) is 0.214. The third kappa shape index (κ3) is 2.00. The first-order valence-electron chi connectivity index (χ1n) is 5.98. The number of sulfone groups is 1. The summed E-state index contributed by atoms with van der Waals surface area (Å²) < 4.78 is 29.5. The van der Waals surface area contributed by atoms with Crippen LogP contribution in [-0.2, 0) is 19.4 Å². The van der Waals surface area contributed by atoms with Crippen LogP contribution in [0.2, 0.25) is 0 Å². The molecule has 4 nitrogen and oxygen atoms in total. The van der Waals surface area contributed by atoms with Crippen molar-refractivity contribution in [2.75, 3.05) is 6.61 Å². The molecule has 1 aliphatic heterocycles. The summed E-state index contributed by atoms with van der Waals surface area (Å²) in [6, 6.07) is 12.4. The maximum absolute atomic E-state index is 12.4. The molecule has 98 valence electrons. The molecule has 2 aromatic carbocycles. The van der Waals surface area contributed by atoms with Crippen molar-refractivity contribution in [1.82, 2.24) is 0 Å². The highest BCUT2D eigenvalue weighted by Gasteiger charge is 2.39. The van der Waals surface area contributed by atoms with Crippen LogP contribution in [0.5, 0.6) is 0 Å². The standard InChI is InChI=1S/C14H12O4S/c15-14-13(7-8-18-14)19(16,17)12-6-5-10-3-1-2-4-11(10)9-12/h1-6,9,13H,7-8H2/t13-/m0/s1. The minimum absolute atomic E-state index is 0.176. The van der Waals surface area contributed by atoms with Crippen LogP contribution in [0.3, 0.4) is 0 Å². The molecule has 1 saturated heterocycles. The zero-order chi connectivity index (χ0) is 13.5. The van der Waals surface area contributed by atoms with Crippen LogP contribution in [0, 0.1) is 0 Å². The number of rotatable bonds is 2. The Labute approximate surface area is 110 Å². The van der Waals surface area contributed by atoms with Gasteiger partial charge >= 0.3 is 5.97 Å². The van der Waals surface area contributed by atoms with E-state index < -0.39 is 21.1 Å². The molecule has 0 spiro atoms. The third-order valence-corrected chi connectivity index (χ3v) is 5.40. The van der Waals surface area contributed by atoms with Crippen molar-refractivity contribution >= 4 is 26.6 Å². The number of carbonyl (C=O) groups is 1. The van der Waals surface area contributed by atoms with Crippen LogP contribution in [0.4, 0.5) is 0 Å². The Morgan fingerprint density at radius 2 is 1.79 bits per heavy atom. The summed E-state index contributed by atoms with van der Waals surface area (Å²) in [6.45, 7) is 0.177. The second-order valence-corrected chi connectivity index (χ2v) is 6.63. The molecule has 1 atom stereocenters. The number of benzene rings is 2. The smallest absolute Gasteiger partial charge is 0.324 e. The van der Waals surface area contributed by atoms with Gasteiger partial charge < -0.3 is 4.74 Å². The van der Waals surface area contributed by atoms with Gasteiger partial charge in [-0.15, -0.1) is 0 Å². The zero-order valence-electron chi connectivity index (χ0n) is 10.1. The van der Waals surface area contributed by atoms with E-state index in [1.54, 1.807) is 18.2 Å². The molecule has 1 heterocycles. The maximum atomic E-state index is 12.4. The molecule has 0 bridgehead atoms. The van der Waals surface area contributed by atoms with Crippen molar-refractivity contribution in [2.24, 2.45) is 0 Å². The molecular formula is C14H12O4S. The first-order chi connectivity index (χ1) is 9.09. The molecule has 19 heavy (non-hydrogen) atoms. The average molecular weight is 276 g/mol. The van der Waals surface area contributed by atoms with E-state index in [0.29, 0.717) is 0 Å². The maximum Gasteiger partial charge on any atom is 0.324 e. The van der Waals surface area contributed by atoms with E-state index in [0.717, 1.165) is 10.8 Å². The summed E-state index contributed by atoms with van der Waals surface area (Å²) in [4.78, 5) is 11.6. The predicted molar refractivity (Wildman–Crippen MR) is 70.5 cm³/mol. The summed E-state index contributed by atoms with van der Waals surface area (Å²) in [5.74, 6) is -0.645. The van der Waals surface area contributed by atoms with Gasteiger partial charge in [0.05, 0.1) is 11.5 Å². The van der Waals surface area contributed by atoms with E-state index in [-0.39, 0.29) is 17.9 Å². The molecule has 3 rings (SSSR count). The summed E-state index contributed by atoms with van der Waals surface area (Å²) >= 11 is 0. The Morgan fingerprint density at radius 1 is 1.05 bits per heavy atom. The number of carbonyl (C=O) groups excluding carboxylic acids is 1. The first kappa shape index (κ1) is 12.2. The van der Waals surface area contributed by atoms with E-state index in [1.807, 2.05) is 24.3 Å². The molecule has 0 saturated carbocycles. The Bertz CT molecular complexity index is 749. The lowest BCUT2D eigenvalue weighted by Crippen LogP contribution is -2.25. The van der Waals surface area contributed by atoms with Crippen LogP contribution in [0.25, 0.3) is 10.8 Å². The lowest BCUT2D eigenvalue weighted by Gasteiger charge is -2.09. The fourth-order valence-electron chi connectivity index (χ4n) is 2.27. The monoisotopic (exact) mass is 276 g/mol. The van der Waals surface area contributed by atoms with Crippen molar-refractivity contribution in [3.63, 3.8) is 0 Å². The van der Waals surface area contributed by atoms with E-state index in [1.165, 1.54) is 0 Å². The molecule has 0 aromatic heterocycles. The topological polar surface area (TPSA) is 60.4 Å². The number of esters is 1. The van der Waals surface area contributed by atoms with E-state index in [9.17, 15) is 13.2 Å². The van der Waals surface area contributed by atoms with Crippen LogP contribution in [-0.4, -0.2) is 26.2 Å². The summed E-state index contributed by atoms with van der Waals surface area (Å²) in [6.07, 6.45) is 0.230. The number of fused-ring (bicyclic) bond motifs is 1. The second kappa shape index (κ2) is 4.35. The van der Waals surface area contributed by atoms with Crippen molar-refractivity contribution < 1.29 is 17.9 Å². The zero-order valence-corrected chi connectivity index (χ0v) is 10.9. The summed E-state index contributed by atoms with van der Waals surface area (Å²) in [5.41, 5.74) is 0. The van der Waals surface area contributed by atoms with Crippen molar-refractivity contribution in [3.8, 4) is 0 Å². The Hall–Kier alpha value is -1.88. The Morgan fingerprint density at radius 3 is 2.47 bits per heavy atom. The highest BCUT2D eigenvalue weighted by molar-refractivity contribution is 7.92. The molecule has 1 fully saturated rings. The highest BCUT2D eigenvalue weighted by atomic mass is 32.2. The molecule has 1 aliphatic rings. The molecule has 0 radical (unpaired) electrons. The normalized spacial score (nSPS) is 19.6. The first-order valence-corrected chi connectivity index (χ1v) is 7.53. The minimum atomic E-state index is -3.65. The van der Waals surface area contributed by atoms with Crippen LogP contribution in [0.1, 0.15) is 6.42 Å². The van der Waals surface area contributed by atoms with E-state index >= 15 is 0 Å². The van der Waals surface area contributed by atoms with Gasteiger partial charge in [-0.2, -0.15) is 0 Å². The Balaban J connectivity index is 2.10. The molecule has 0 N–H and O–H groups in total. The quantitative estimate of drug-likeness (QED) is 0.786. The molecule has 5 heteroatoms. The van der Waals surface area contributed by atoms with Crippen molar-refractivity contribution in [1.29, 1.82) is 0 Å². The lowest BCUT2D eigenvalue weighted by molar-refractivity contribution is -0.137. The van der Waals surface area contributed by atoms with Crippen LogP contribution in [0.15, 0.2) is 47.4 Å². The van der Waals surface area contributed by atoms with Gasteiger partial charge in [-0.1, -0.05) is 30.3 Å². The number of hydrogen-bond donors (Lipinski definition) is 0. The SMILES string of the molecule is O=C1OCC[C@@H]1S(=O)(=O)c1ccc2ccccc2c1. The molecule has 0 amide bonds. The lowest BCUT2D eigenvalue weighted by atomic mass is 10.1. The number of ether oxygens (including phenoxy) is 1. The molecule has 0 aliphatic carbocycles. The van der Waals surface area contributed by atoms with Gasteiger partial charge in [0.2, 0.25) is 0 Å². The van der Waals surface area contributed by atoms with Crippen molar-refractivity contribution in [3.05, 3.63) is 42.5 Å². The van der Waals surface area contributed by atoms with Gasteiger partial charge in [-0.25, -0.2) is 8.42 Å². The van der Waals surface area contributed by atoms with Crippen molar-refractivity contribution in [2.45, 2.75) is 16.6 Å². The molecular weight excluding hydrogens is 264 g/mol. The van der Waals surface area contributed by atoms with Gasteiger partial charge in [0, 0.05) is 6.42 Å². The Kier molecular flexibility index (Phi) is 2.78. The van der Waals surface area contributed by atoms with Gasteiger partial charge in [-0.05, 0) is 22.9 Å². The van der Waals surface area contributed by atoms with E-state index in [4.69, 9.17) is 4.74 Å². The van der Waals surface area contributed by atoms with Gasteiger partial charge in [-0.3, -0.25) is 4.79 Å². The number of cyclic esters (lactones) is 1. The minimum Gasteiger partial charge on any atom is -0.465 e. The number of hydrogen-bond acceptors (Lipinski definition) is 4. The molecule has 2 aromatic rings.